The van der Waals surface area contributed by atoms with Gasteiger partial charge in [-0.05, 0) is 48.5 Å². The van der Waals surface area contributed by atoms with Crippen LogP contribution in [0.2, 0.25) is 5.02 Å². The van der Waals surface area contributed by atoms with E-state index in [2.05, 4.69) is 26.2 Å². The zero-order chi connectivity index (χ0) is 17.4. The first-order valence-electron chi connectivity index (χ1n) is 7.60. The summed E-state index contributed by atoms with van der Waals surface area (Å²) in [4.78, 5) is 4.67. The lowest BCUT2D eigenvalue weighted by molar-refractivity contribution is 0.477. The lowest BCUT2D eigenvalue weighted by atomic mass is 10.1. The summed E-state index contributed by atoms with van der Waals surface area (Å²) in [6.45, 7) is 0. The number of para-hydroxylation sites is 1. The molecule has 4 rings (SSSR count). The van der Waals surface area contributed by atoms with Gasteiger partial charge in [0.05, 0.1) is 5.02 Å². The van der Waals surface area contributed by atoms with Crippen LogP contribution in [-0.2, 0) is 0 Å². The monoisotopic (exact) mass is 413 g/mol. The zero-order valence-corrected chi connectivity index (χ0v) is 15.3. The summed E-state index contributed by atoms with van der Waals surface area (Å²) in [7, 11) is 0. The van der Waals surface area contributed by atoms with E-state index >= 15 is 0 Å². The van der Waals surface area contributed by atoms with Gasteiger partial charge in [-0.15, -0.1) is 0 Å². The number of hydrogen-bond donors (Lipinski definition) is 2. The van der Waals surface area contributed by atoms with Gasteiger partial charge in [0.25, 0.3) is 0 Å². The first-order valence-corrected chi connectivity index (χ1v) is 8.77. The summed E-state index contributed by atoms with van der Waals surface area (Å²) in [6.07, 6.45) is 1.80. The molecule has 0 radical (unpaired) electrons. The van der Waals surface area contributed by atoms with E-state index in [4.69, 9.17) is 11.6 Å². The highest BCUT2D eigenvalue weighted by Gasteiger charge is 2.17. The summed E-state index contributed by atoms with van der Waals surface area (Å²) < 4.78 is 2.88. The second-order valence-corrected chi connectivity index (χ2v) is 6.89. The molecular weight excluding hydrogens is 402 g/mol. The van der Waals surface area contributed by atoms with Crippen molar-refractivity contribution in [2.24, 2.45) is 0 Å². The summed E-state index contributed by atoms with van der Waals surface area (Å²) in [6, 6.07) is 18.6. The van der Waals surface area contributed by atoms with Gasteiger partial charge in [-0.1, -0.05) is 39.7 Å². The number of aromatic hydroxyl groups is 1. The van der Waals surface area contributed by atoms with E-state index in [0.29, 0.717) is 16.3 Å². The molecule has 0 aliphatic carbocycles. The minimum atomic E-state index is 0.177. The molecule has 0 amide bonds. The Bertz CT molecular complexity index is 1060. The lowest BCUT2D eigenvalue weighted by Gasteiger charge is -2.10. The van der Waals surface area contributed by atoms with Crippen LogP contribution in [0.3, 0.4) is 0 Å². The maximum absolute atomic E-state index is 10.3. The van der Waals surface area contributed by atoms with E-state index in [1.807, 2.05) is 46.9 Å². The third kappa shape index (κ3) is 3.08. The van der Waals surface area contributed by atoms with E-state index in [-0.39, 0.29) is 5.75 Å². The number of phenolic OH excluding ortho intramolecular Hbond substituents is 1. The summed E-state index contributed by atoms with van der Waals surface area (Å²) >= 11 is 9.61. The Labute approximate surface area is 157 Å². The normalized spacial score (nSPS) is 11.0. The number of phenols is 1. The average Bonchev–Trinajstić information content (AvgIpc) is 2.95. The van der Waals surface area contributed by atoms with Crippen molar-refractivity contribution in [3.8, 4) is 17.0 Å². The molecule has 0 unspecified atom stereocenters. The highest BCUT2D eigenvalue weighted by Crippen LogP contribution is 2.36. The predicted octanol–water partition coefficient (Wildman–Crippen LogP) is 5.87. The quantitative estimate of drug-likeness (QED) is 0.441. The number of rotatable bonds is 3. The number of aromatic nitrogens is 2. The van der Waals surface area contributed by atoms with Crippen molar-refractivity contribution in [1.29, 1.82) is 0 Å². The fourth-order valence-electron chi connectivity index (χ4n) is 2.67. The molecule has 0 fully saturated rings. The van der Waals surface area contributed by atoms with Crippen molar-refractivity contribution >= 4 is 44.7 Å². The first-order chi connectivity index (χ1) is 12.1. The van der Waals surface area contributed by atoms with Crippen LogP contribution in [0, 0.1) is 0 Å². The van der Waals surface area contributed by atoms with E-state index < -0.39 is 0 Å². The van der Waals surface area contributed by atoms with E-state index in [1.54, 1.807) is 24.4 Å². The SMILES string of the molecule is Oc1ccccc1-c1nc2ccc(Cl)cn2c1Nc1ccc(Br)cc1. The number of nitrogens with zero attached hydrogens (tertiary/aromatic N) is 2. The Morgan fingerprint density at radius 2 is 1.76 bits per heavy atom. The largest absolute Gasteiger partial charge is 0.507 e. The van der Waals surface area contributed by atoms with Gasteiger partial charge < -0.3 is 10.4 Å². The van der Waals surface area contributed by atoms with Gasteiger partial charge >= 0.3 is 0 Å². The number of fused-ring (bicyclic) bond motifs is 1. The highest BCUT2D eigenvalue weighted by atomic mass is 79.9. The summed E-state index contributed by atoms with van der Waals surface area (Å²) in [5.74, 6) is 0.914. The number of imidazole rings is 1. The smallest absolute Gasteiger partial charge is 0.143 e. The van der Waals surface area contributed by atoms with Crippen molar-refractivity contribution in [2.75, 3.05) is 5.32 Å². The maximum atomic E-state index is 10.3. The van der Waals surface area contributed by atoms with E-state index in [9.17, 15) is 5.11 Å². The molecule has 2 aromatic carbocycles. The zero-order valence-electron chi connectivity index (χ0n) is 12.9. The molecule has 0 bridgehead atoms. The molecule has 0 aliphatic heterocycles. The fourth-order valence-corrected chi connectivity index (χ4v) is 3.09. The van der Waals surface area contributed by atoms with Crippen LogP contribution in [-0.4, -0.2) is 14.5 Å². The average molecular weight is 415 g/mol. The number of anilines is 2. The molecular formula is C19H13BrClN3O. The maximum Gasteiger partial charge on any atom is 0.143 e. The van der Waals surface area contributed by atoms with Crippen molar-refractivity contribution in [3.63, 3.8) is 0 Å². The number of hydrogen-bond acceptors (Lipinski definition) is 3. The minimum absolute atomic E-state index is 0.177. The molecule has 25 heavy (non-hydrogen) atoms. The Morgan fingerprint density at radius 1 is 1.00 bits per heavy atom. The van der Waals surface area contributed by atoms with Crippen LogP contribution in [0.15, 0.2) is 71.3 Å². The molecule has 0 spiro atoms. The molecule has 4 aromatic rings. The molecule has 0 saturated heterocycles. The minimum Gasteiger partial charge on any atom is -0.507 e. The summed E-state index contributed by atoms with van der Waals surface area (Å²) in [5, 5.41) is 14.3. The standard InChI is InChI=1S/C19H13BrClN3O/c20-12-5-8-14(9-6-12)22-19-18(15-3-1-2-4-16(15)25)23-17-10-7-13(21)11-24(17)19/h1-11,22,25H. The molecule has 2 N–H and O–H groups in total. The third-order valence-corrected chi connectivity index (χ3v) is 4.60. The predicted molar refractivity (Wildman–Crippen MR) is 105 cm³/mol. The van der Waals surface area contributed by atoms with Crippen LogP contribution >= 0.6 is 27.5 Å². The van der Waals surface area contributed by atoms with Crippen LogP contribution in [0.4, 0.5) is 11.5 Å². The van der Waals surface area contributed by atoms with Crippen LogP contribution in [0.5, 0.6) is 5.75 Å². The number of halogens is 2. The van der Waals surface area contributed by atoms with Crippen molar-refractivity contribution in [1.82, 2.24) is 9.38 Å². The topological polar surface area (TPSA) is 49.6 Å². The van der Waals surface area contributed by atoms with E-state index in [0.717, 1.165) is 21.6 Å². The van der Waals surface area contributed by atoms with Gasteiger partial charge in [0, 0.05) is 21.9 Å². The molecule has 2 aromatic heterocycles. The number of pyridine rings is 1. The molecule has 124 valence electrons. The molecule has 4 nitrogen and oxygen atoms in total. The Morgan fingerprint density at radius 3 is 2.52 bits per heavy atom. The molecule has 0 atom stereocenters. The molecule has 2 heterocycles. The Kier molecular flexibility index (Phi) is 4.11. The van der Waals surface area contributed by atoms with Crippen molar-refractivity contribution in [3.05, 3.63) is 76.4 Å². The van der Waals surface area contributed by atoms with Gasteiger partial charge in [0.1, 0.15) is 22.9 Å². The number of nitrogens with one attached hydrogen (secondary N) is 1. The summed E-state index contributed by atoms with van der Waals surface area (Å²) in [5.41, 5.74) is 2.95. The van der Waals surface area contributed by atoms with Gasteiger partial charge in [-0.3, -0.25) is 4.40 Å². The second kappa shape index (κ2) is 6.43. The molecule has 0 aliphatic rings. The molecule has 0 saturated carbocycles. The Balaban J connectivity index is 1.93. The third-order valence-electron chi connectivity index (χ3n) is 3.85. The fraction of sp³-hybridized carbons (Fsp3) is 0. The number of benzene rings is 2. The van der Waals surface area contributed by atoms with Gasteiger partial charge in [0.15, 0.2) is 0 Å². The van der Waals surface area contributed by atoms with Gasteiger partial charge in [-0.25, -0.2) is 4.98 Å². The van der Waals surface area contributed by atoms with E-state index in [1.165, 1.54) is 0 Å². The first kappa shape index (κ1) is 16.0. The molecule has 6 heteroatoms. The van der Waals surface area contributed by atoms with Crippen molar-refractivity contribution < 1.29 is 5.11 Å². The highest BCUT2D eigenvalue weighted by molar-refractivity contribution is 9.10. The Hall–Kier alpha value is -2.50. The van der Waals surface area contributed by atoms with Crippen molar-refractivity contribution in [2.45, 2.75) is 0 Å². The lowest BCUT2D eigenvalue weighted by Crippen LogP contribution is -1.97. The van der Waals surface area contributed by atoms with Gasteiger partial charge in [-0.2, -0.15) is 0 Å². The van der Waals surface area contributed by atoms with Crippen LogP contribution in [0.25, 0.3) is 16.9 Å². The van der Waals surface area contributed by atoms with Crippen LogP contribution in [0.1, 0.15) is 0 Å². The van der Waals surface area contributed by atoms with Gasteiger partial charge in [0.2, 0.25) is 0 Å². The van der Waals surface area contributed by atoms with Crippen LogP contribution < -0.4 is 5.32 Å². The second-order valence-electron chi connectivity index (χ2n) is 5.53.